The van der Waals surface area contributed by atoms with Crippen LogP contribution in [0.15, 0.2) is 55.0 Å². The number of carbonyl (C=O) groups excluding carboxylic acids is 1. The quantitative estimate of drug-likeness (QED) is 0.665. The first kappa shape index (κ1) is 19.3. The van der Waals surface area contributed by atoms with Gasteiger partial charge in [0.05, 0.1) is 29.3 Å². The molecule has 2 aliphatic rings. The number of aromatic nitrogens is 3. The molecule has 0 radical (unpaired) electrons. The van der Waals surface area contributed by atoms with Gasteiger partial charge in [0.1, 0.15) is 5.69 Å². The molecule has 0 spiro atoms. The molecule has 2 amide bonds. The number of anilines is 3. The Hall–Kier alpha value is -3.69. The number of nitrogens with zero attached hydrogens (tertiary/aromatic N) is 5. The number of pyridine rings is 3. The van der Waals surface area contributed by atoms with Gasteiger partial charge < -0.3 is 10.2 Å². The number of rotatable bonds is 2. The van der Waals surface area contributed by atoms with Crippen LogP contribution in [0.4, 0.5) is 35.2 Å². The number of amides is 2. The first-order valence-electron chi connectivity index (χ1n) is 9.70. The summed E-state index contributed by atoms with van der Waals surface area (Å²) in [5.41, 5.74) is 1.31. The average molecular weight is 426 g/mol. The zero-order valence-corrected chi connectivity index (χ0v) is 16.2. The Morgan fingerprint density at radius 2 is 2.00 bits per heavy atom. The molecule has 0 unspecified atom stereocenters. The highest BCUT2D eigenvalue weighted by Gasteiger charge is 2.40. The van der Waals surface area contributed by atoms with Crippen LogP contribution < -0.4 is 15.1 Å². The zero-order chi connectivity index (χ0) is 21.6. The number of hydrogen-bond donors (Lipinski definition) is 1. The third kappa shape index (κ3) is 3.54. The van der Waals surface area contributed by atoms with Gasteiger partial charge in [0.2, 0.25) is 0 Å². The molecule has 0 aliphatic carbocycles. The maximum Gasteiger partial charge on any atom is 0.433 e. The summed E-state index contributed by atoms with van der Waals surface area (Å²) in [6.45, 7) is 1.51. The monoisotopic (exact) mass is 426 g/mol. The highest BCUT2D eigenvalue weighted by atomic mass is 19.4. The summed E-state index contributed by atoms with van der Waals surface area (Å²) < 4.78 is 38.5. The Morgan fingerprint density at radius 3 is 2.71 bits per heavy atom. The number of alkyl halides is 3. The average Bonchev–Trinajstić information content (AvgIpc) is 3.18. The second-order valence-electron chi connectivity index (χ2n) is 7.40. The van der Waals surface area contributed by atoms with Crippen LogP contribution in [0.1, 0.15) is 12.1 Å². The topological polar surface area (TPSA) is 74.2 Å². The van der Waals surface area contributed by atoms with E-state index in [1.807, 2.05) is 6.07 Å². The van der Waals surface area contributed by atoms with Crippen LogP contribution in [0.2, 0.25) is 0 Å². The number of nitrogens with one attached hydrogen (secondary N) is 1. The Labute approximate surface area is 175 Å². The van der Waals surface area contributed by atoms with Gasteiger partial charge in [-0.3, -0.25) is 14.9 Å². The van der Waals surface area contributed by atoms with E-state index in [1.165, 1.54) is 6.07 Å². The lowest BCUT2D eigenvalue weighted by Gasteiger charge is -2.35. The molecule has 5 rings (SSSR count). The van der Waals surface area contributed by atoms with E-state index in [9.17, 15) is 18.0 Å². The van der Waals surface area contributed by atoms with Crippen molar-refractivity contribution in [1.29, 1.82) is 0 Å². The fourth-order valence-corrected chi connectivity index (χ4v) is 3.97. The highest BCUT2D eigenvalue weighted by molar-refractivity contribution is 6.04. The maximum atomic E-state index is 13.1. The highest BCUT2D eigenvalue weighted by Crippen LogP contribution is 2.40. The van der Waals surface area contributed by atoms with E-state index in [1.54, 1.807) is 35.5 Å². The molecule has 3 aromatic rings. The Bertz CT molecular complexity index is 1120. The molecule has 31 heavy (non-hydrogen) atoms. The van der Waals surface area contributed by atoms with Crippen molar-refractivity contribution in [1.82, 2.24) is 15.0 Å². The molecular formula is C21H17F3N6O. The van der Waals surface area contributed by atoms with Crippen LogP contribution in [-0.4, -0.2) is 40.1 Å². The molecule has 5 heterocycles. The van der Waals surface area contributed by atoms with Crippen molar-refractivity contribution in [3.8, 4) is 11.3 Å². The standard InChI is InChI=1S/C21H17F3N6O/c22-21(23,24)18-6-3-13(10-26-18)16-4-5-17-19(28-16)30(15-7-9-29(17)12-15)20(31)27-14-2-1-8-25-11-14/h1-6,8,10-11,15H,7,9,12H2,(H,27,31)/t15-/m0/s1. The second-order valence-corrected chi connectivity index (χ2v) is 7.40. The van der Waals surface area contributed by atoms with E-state index in [-0.39, 0.29) is 12.1 Å². The number of carbonyl (C=O) groups is 1. The summed E-state index contributed by atoms with van der Waals surface area (Å²) in [4.78, 5) is 29.1. The minimum absolute atomic E-state index is 0.0438. The predicted octanol–water partition coefficient (Wildman–Crippen LogP) is 4.19. The van der Waals surface area contributed by atoms with Crippen molar-refractivity contribution in [2.24, 2.45) is 0 Å². The van der Waals surface area contributed by atoms with E-state index in [0.29, 0.717) is 29.3 Å². The van der Waals surface area contributed by atoms with Gasteiger partial charge in [0.25, 0.3) is 0 Å². The van der Waals surface area contributed by atoms with Gasteiger partial charge in [-0.05, 0) is 42.8 Å². The lowest BCUT2D eigenvalue weighted by molar-refractivity contribution is -0.141. The third-order valence-corrected chi connectivity index (χ3v) is 5.43. The normalized spacial score (nSPS) is 17.5. The fraction of sp³-hybridized carbons (Fsp3) is 0.238. The van der Waals surface area contributed by atoms with Crippen LogP contribution in [-0.2, 0) is 6.18 Å². The van der Waals surface area contributed by atoms with Crippen molar-refractivity contribution < 1.29 is 18.0 Å². The predicted molar refractivity (Wildman–Crippen MR) is 109 cm³/mol. The lowest BCUT2D eigenvalue weighted by atomic mass is 10.1. The van der Waals surface area contributed by atoms with Gasteiger partial charge in [0.15, 0.2) is 5.82 Å². The van der Waals surface area contributed by atoms with E-state index in [4.69, 9.17) is 0 Å². The summed E-state index contributed by atoms with van der Waals surface area (Å²) in [5, 5.41) is 2.85. The number of halogens is 3. The van der Waals surface area contributed by atoms with Crippen molar-refractivity contribution in [3.63, 3.8) is 0 Å². The minimum Gasteiger partial charge on any atom is -0.366 e. The summed E-state index contributed by atoms with van der Waals surface area (Å²) >= 11 is 0. The second kappa shape index (κ2) is 7.22. The molecule has 7 nitrogen and oxygen atoms in total. The zero-order valence-electron chi connectivity index (χ0n) is 16.2. The lowest BCUT2D eigenvalue weighted by Crippen LogP contribution is -2.48. The van der Waals surface area contributed by atoms with Gasteiger partial charge in [-0.25, -0.2) is 9.78 Å². The van der Waals surface area contributed by atoms with Crippen molar-refractivity contribution >= 4 is 23.2 Å². The van der Waals surface area contributed by atoms with Crippen molar-refractivity contribution in [2.45, 2.75) is 18.6 Å². The Balaban J connectivity index is 1.50. The largest absolute Gasteiger partial charge is 0.433 e. The minimum atomic E-state index is -4.50. The van der Waals surface area contributed by atoms with Gasteiger partial charge in [-0.1, -0.05) is 0 Å². The summed E-state index contributed by atoms with van der Waals surface area (Å²) in [5.74, 6) is 0.479. The molecule has 158 valence electrons. The van der Waals surface area contributed by atoms with E-state index in [2.05, 4.69) is 25.2 Å². The summed E-state index contributed by atoms with van der Waals surface area (Å²) in [6.07, 6.45) is 0.618. The molecule has 10 heteroatoms. The fourth-order valence-electron chi connectivity index (χ4n) is 3.97. The number of fused-ring (bicyclic) bond motifs is 4. The number of hydrogen-bond acceptors (Lipinski definition) is 5. The van der Waals surface area contributed by atoms with Gasteiger partial charge in [0, 0.05) is 31.0 Å². The first-order chi connectivity index (χ1) is 14.9. The Kier molecular flexibility index (Phi) is 4.49. The molecule has 1 atom stereocenters. The smallest absolute Gasteiger partial charge is 0.366 e. The van der Waals surface area contributed by atoms with Gasteiger partial charge in [-0.15, -0.1) is 0 Å². The molecule has 2 bridgehead atoms. The van der Waals surface area contributed by atoms with E-state index < -0.39 is 11.9 Å². The van der Waals surface area contributed by atoms with Crippen LogP contribution in [0.25, 0.3) is 11.3 Å². The first-order valence-corrected chi connectivity index (χ1v) is 9.70. The number of urea groups is 1. The molecule has 1 fully saturated rings. The molecule has 0 saturated carbocycles. The maximum absolute atomic E-state index is 13.1. The molecule has 1 N–H and O–H groups in total. The Morgan fingerprint density at radius 1 is 1.13 bits per heavy atom. The van der Waals surface area contributed by atoms with Gasteiger partial charge in [-0.2, -0.15) is 13.2 Å². The van der Waals surface area contributed by atoms with Gasteiger partial charge >= 0.3 is 12.2 Å². The molecule has 0 aromatic carbocycles. The molecule has 3 aromatic heterocycles. The third-order valence-electron chi connectivity index (χ3n) is 5.43. The van der Waals surface area contributed by atoms with Crippen LogP contribution in [0, 0.1) is 0 Å². The summed E-state index contributed by atoms with van der Waals surface area (Å²) in [7, 11) is 0. The van der Waals surface area contributed by atoms with Crippen LogP contribution >= 0.6 is 0 Å². The molecular weight excluding hydrogens is 409 g/mol. The molecule has 2 aliphatic heterocycles. The molecule has 1 saturated heterocycles. The summed E-state index contributed by atoms with van der Waals surface area (Å²) in [6, 6.07) is 8.95. The van der Waals surface area contributed by atoms with Crippen LogP contribution in [0.5, 0.6) is 0 Å². The van der Waals surface area contributed by atoms with E-state index in [0.717, 1.165) is 30.9 Å². The van der Waals surface area contributed by atoms with E-state index >= 15 is 0 Å². The van der Waals surface area contributed by atoms with Crippen LogP contribution in [0.3, 0.4) is 0 Å². The van der Waals surface area contributed by atoms with Crippen molar-refractivity contribution in [3.05, 3.63) is 60.7 Å². The SMILES string of the molecule is O=C(Nc1cccnc1)N1c2nc(-c3ccc(C(F)(F)F)nc3)ccc2N2CC[C@H]1C2. The van der Waals surface area contributed by atoms with Crippen molar-refractivity contribution in [2.75, 3.05) is 28.2 Å².